The second kappa shape index (κ2) is 7.72. The van der Waals surface area contributed by atoms with Crippen molar-refractivity contribution in [2.24, 2.45) is 7.05 Å². The van der Waals surface area contributed by atoms with Gasteiger partial charge in [0.25, 0.3) is 10.0 Å². The lowest BCUT2D eigenvalue weighted by Gasteiger charge is -2.09. The van der Waals surface area contributed by atoms with E-state index in [-0.39, 0.29) is 4.90 Å². The lowest BCUT2D eigenvalue weighted by atomic mass is 10.1. The Morgan fingerprint density at radius 2 is 1.69 bits per heavy atom. The summed E-state index contributed by atoms with van der Waals surface area (Å²) in [6.45, 7) is 1.87. The number of sulfonamides is 1. The number of hydrogen-bond donors (Lipinski definition) is 1. The predicted molar refractivity (Wildman–Crippen MR) is 117 cm³/mol. The summed E-state index contributed by atoms with van der Waals surface area (Å²) in [5, 5.41) is 0. The van der Waals surface area contributed by atoms with Crippen molar-refractivity contribution in [1.29, 1.82) is 0 Å². The second-order valence-corrected chi connectivity index (χ2v) is 8.88. The van der Waals surface area contributed by atoms with Gasteiger partial charge in [-0.2, -0.15) is 0 Å². The van der Waals surface area contributed by atoms with E-state index in [1.54, 1.807) is 30.3 Å². The van der Waals surface area contributed by atoms with Gasteiger partial charge in [-0.25, -0.2) is 13.4 Å². The molecule has 0 saturated heterocycles. The van der Waals surface area contributed by atoms with E-state index >= 15 is 0 Å². The molecule has 0 saturated carbocycles. The highest BCUT2D eigenvalue weighted by Crippen LogP contribution is 2.19. The van der Waals surface area contributed by atoms with E-state index in [2.05, 4.69) is 15.4 Å². The number of aryl methyl sites for hydroxylation is 4. The number of nitrogens with zero attached hydrogens (tertiary/aromatic N) is 2. The molecular formula is C23H23N3O2S. The topological polar surface area (TPSA) is 64.0 Å². The largest absolute Gasteiger partial charge is 0.331 e. The van der Waals surface area contributed by atoms with Crippen molar-refractivity contribution in [2.75, 3.05) is 4.72 Å². The van der Waals surface area contributed by atoms with Crippen LogP contribution in [0.4, 0.5) is 5.69 Å². The summed E-state index contributed by atoms with van der Waals surface area (Å²) < 4.78 is 29.9. The quantitative estimate of drug-likeness (QED) is 0.515. The third-order valence-corrected chi connectivity index (χ3v) is 6.40. The Balaban J connectivity index is 1.44. The van der Waals surface area contributed by atoms with Gasteiger partial charge < -0.3 is 4.57 Å². The van der Waals surface area contributed by atoms with Gasteiger partial charge >= 0.3 is 0 Å². The van der Waals surface area contributed by atoms with Gasteiger partial charge in [-0.05, 0) is 60.9 Å². The van der Waals surface area contributed by atoms with Crippen molar-refractivity contribution in [3.05, 3.63) is 89.7 Å². The first-order valence-corrected chi connectivity index (χ1v) is 11.0. The zero-order valence-corrected chi connectivity index (χ0v) is 17.3. The van der Waals surface area contributed by atoms with Gasteiger partial charge in [0.05, 0.1) is 15.9 Å². The number of nitrogens with one attached hydrogen (secondary N) is 1. The Morgan fingerprint density at radius 3 is 2.41 bits per heavy atom. The van der Waals surface area contributed by atoms with Gasteiger partial charge in [0.2, 0.25) is 0 Å². The van der Waals surface area contributed by atoms with Gasteiger partial charge in [0, 0.05) is 19.2 Å². The first-order valence-electron chi connectivity index (χ1n) is 9.51. The minimum absolute atomic E-state index is 0.267. The van der Waals surface area contributed by atoms with Gasteiger partial charge in [0.15, 0.2) is 0 Å². The van der Waals surface area contributed by atoms with Gasteiger partial charge in [-0.1, -0.05) is 36.4 Å². The van der Waals surface area contributed by atoms with Crippen molar-refractivity contribution in [3.8, 4) is 0 Å². The SMILES string of the molecule is Cc1cccc(S(=O)(=O)Nc2ccc(CCc3nc4ccccc4n3C)cc2)c1. The summed E-state index contributed by atoms with van der Waals surface area (Å²) in [6, 6.07) is 22.5. The number of imidazole rings is 1. The molecule has 0 radical (unpaired) electrons. The normalized spacial score (nSPS) is 11.7. The van der Waals surface area contributed by atoms with Gasteiger partial charge in [-0.3, -0.25) is 4.72 Å². The predicted octanol–water partition coefficient (Wildman–Crippen LogP) is 4.47. The van der Waals surface area contributed by atoms with Crippen LogP contribution in [0.15, 0.2) is 77.7 Å². The van der Waals surface area contributed by atoms with Gasteiger partial charge in [-0.15, -0.1) is 0 Å². The van der Waals surface area contributed by atoms with Crippen LogP contribution in [0.2, 0.25) is 0 Å². The Morgan fingerprint density at radius 1 is 0.931 bits per heavy atom. The number of fused-ring (bicyclic) bond motifs is 1. The second-order valence-electron chi connectivity index (χ2n) is 7.19. The van der Waals surface area contributed by atoms with Crippen LogP contribution in [0, 0.1) is 6.92 Å². The minimum atomic E-state index is -3.59. The highest BCUT2D eigenvalue weighted by Gasteiger charge is 2.14. The van der Waals surface area contributed by atoms with Crippen LogP contribution >= 0.6 is 0 Å². The molecular weight excluding hydrogens is 382 g/mol. The summed E-state index contributed by atoms with van der Waals surface area (Å²) in [5.41, 5.74) is 4.73. The monoisotopic (exact) mass is 405 g/mol. The van der Waals surface area contributed by atoms with E-state index in [1.807, 2.05) is 50.4 Å². The first kappa shape index (κ1) is 19.2. The number of rotatable bonds is 6. The maximum atomic E-state index is 12.6. The van der Waals surface area contributed by atoms with Crippen LogP contribution in [0.3, 0.4) is 0 Å². The molecule has 1 heterocycles. The van der Waals surface area contributed by atoms with Crippen molar-refractivity contribution in [2.45, 2.75) is 24.7 Å². The van der Waals surface area contributed by atoms with Crippen LogP contribution in [-0.2, 0) is 29.9 Å². The summed E-state index contributed by atoms with van der Waals surface area (Å²) in [6.07, 6.45) is 1.65. The molecule has 0 aliphatic heterocycles. The Kier molecular flexibility index (Phi) is 5.11. The van der Waals surface area contributed by atoms with E-state index in [0.29, 0.717) is 5.69 Å². The van der Waals surface area contributed by atoms with Crippen LogP contribution in [0.5, 0.6) is 0 Å². The van der Waals surface area contributed by atoms with E-state index in [0.717, 1.165) is 40.8 Å². The molecule has 0 spiro atoms. The molecule has 3 aromatic carbocycles. The fraction of sp³-hybridized carbons (Fsp3) is 0.174. The summed E-state index contributed by atoms with van der Waals surface area (Å²) in [7, 11) is -1.55. The molecule has 0 bridgehead atoms. The van der Waals surface area contributed by atoms with Crippen LogP contribution in [0.1, 0.15) is 17.0 Å². The standard InChI is InChI=1S/C23H23N3O2S/c1-17-6-5-7-20(16-17)29(27,28)25-19-13-10-18(11-14-19)12-15-23-24-21-8-3-4-9-22(21)26(23)2/h3-11,13-14,16,25H,12,15H2,1-2H3. The Bertz CT molecular complexity index is 1260. The fourth-order valence-electron chi connectivity index (χ4n) is 3.41. The number of aromatic nitrogens is 2. The van der Waals surface area contributed by atoms with Crippen molar-refractivity contribution in [3.63, 3.8) is 0 Å². The molecule has 5 nitrogen and oxygen atoms in total. The number of benzene rings is 3. The fourth-order valence-corrected chi connectivity index (χ4v) is 4.57. The molecule has 0 aliphatic carbocycles. The molecule has 0 unspecified atom stereocenters. The molecule has 0 atom stereocenters. The zero-order valence-electron chi connectivity index (χ0n) is 16.5. The lowest BCUT2D eigenvalue weighted by Crippen LogP contribution is -2.13. The molecule has 0 fully saturated rings. The van der Waals surface area contributed by atoms with E-state index in [4.69, 9.17) is 4.98 Å². The van der Waals surface area contributed by atoms with Crippen LogP contribution in [-0.4, -0.2) is 18.0 Å². The third kappa shape index (κ3) is 4.17. The summed E-state index contributed by atoms with van der Waals surface area (Å²) in [5.74, 6) is 1.04. The number of para-hydroxylation sites is 2. The summed E-state index contributed by atoms with van der Waals surface area (Å²) in [4.78, 5) is 4.97. The van der Waals surface area contributed by atoms with Crippen LogP contribution < -0.4 is 4.72 Å². The Labute approximate surface area is 171 Å². The molecule has 148 valence electrons. The molecule has 4 rings (SSSR count). The summed E-state index contributed by atoms with van der Waals surface area (Å²) >= 11 is 0. The van der Waals surface area contributed by atoms with Gasteiger partial charge in [0.1, 0.15) is 5.82 Å². The van der Waals surface area contributed by atoms with Crippen molar-refractivity contribution < 1.29 is 8.42 Å². The average molecular weight is 406 g/mol. The molecule has 0 amide bonds. The van der Waals surface area contributed by atoms with E-state index in [1.165, 1.54) is 0 Å². The molecule has 1 aromatic heterocycles. The first-order chi connectivity index (χ1) is 13.9. The highest BCUT2D eigenvalue weighted by molar-refractivity contribution is 7.92. The maximum Gasteiger partial charge on any atom is 0.261 e. The Hall–Kier alpha value is -3.12. The molecule has 6 heteroatoms. The highest BCUT2D eigenvalue weighted by atomic mass is 32.2. The average Bonchev–Trinajstić information content (AvgIpc) is 3.03. The maximum absolute atomic E-state index is 12.6. The van der Waals surface area contributed by atoms with Crippen molar-refractivity contribution >= 4 is 26.7 Å². The van der Waals surface area contributed by atoms with E-state index in [9.17, 15) is 8.42 Å². The molecule has 29 heavy (non-hydrogen) atoms. The molecule has 0 aliphatic rings. The van der Waals surface area contributed by atoms with E-state index < -0.39 is 10.0 Å². The molecule has 4 aromatic rings. The number of hydrogen-bond acceptors (Lipinski definition) is 3. The smallest absolute Gasteiger partial charge is 0.261 e. The minimum Gasteiger partial charge on any atom is -0.331 e. The molecule has 1 N–H and O–H groups in total. The van der Waals surface area contributed by atoms with Crippen LogP contribution in [0.25, 0.3) is 11.0 Å². The third-order valence-electron chi connectivity index (χ3n) is 5.02. The zero-order chi connectivity index (χ0) is 20.4. The van der Waals surface area contributed by atoms with Crippen molar-refractivity contribution in [1.82, 2.24) is 9.55 Å². The lowest BCUT2D eigenvalue weighted by molar-refractivity contribution is 0.601. The number of anilines is 1.